The molecule has 4 heterocycles. The molecular weight excluding hydrogens is 246 g/mol. The Balaban J connectivity index is 1.81. The molecule has 2 atom stereocenters. The highest BCUT2D eigenvalue weighted by atomic mass is 32.1. The van der Waals surface area contributed by atoms with Gasteiger partial charge in [0, 0.05) is 12.1 Å². The predicted octanol–water partition coefficient (Wildman–Crippen LogP) is 2.18. The second-order valence-corrected chi connectivity index (χ2v) is 6.15. The summed E-state index contributed by atoms with van der Waals surface area (Å²) in [5.41, 5.74) is 0. The first-order chi connectivity index (χ1) is 8.83. The third-order valence-corrected chi connectivity index (χ3v) is 5.01. The van der Waals surface area contributed by atoms with Crippen LogP contribution in [0, 0.1) is 0 Å². The zero-order valence-electron chi connectivity index (χ0n) is 9.99. The van der Waals surface area contributed by atoms with Gasteiger partial charge < -0.3 is 10.0 Å². The second-order valence-electron chi connectivity index (χ2n) is 5.25. The highest BCUT2D eigenvalue weighted by molar-refractivity contribution is 7.16. The number of piperidine rings is 1. The van der Waals surface area contributed by atoms with Gasteiger partial charge >= 0.3 is 0 Å². The number of aliphatic hydroxyl groups is 1. The Labute approximate surface area is 109 Å². The van der Waals surface area contributed by atoms with Gasteiger partial charge in [-0.05, 0) is 37.1 Å². The first-order valence-electron chi connectivity index (χ1n) is 6.47. The molecule has 2 aromatic rings. The van der Waals surface area contributed by atoms with E-state index in [0.717, 1.165) is 28.9 Å². The minimum Gasteiger partial charge on any atom is -0.393 e. The molecule has 2 aromatic heterocycles. The van der Waals surface area contributed by atoms with Gasteiger partial charge in [-0.15, -0.1) is 11.3 Å². The van der Waals surface area contributed by atoms with Crippen molar-refractivity contribution in [2.75, 3.05) is 4.90 Å². The fourth-order valence-corrected chi connectivity index (χ4v) is 4.20. The fraction of sp³-hybridized carbons (Fsp3) is 0.538. The molecule has 2 saturated heterocycles. The Morgan fingerprint density at radius 1 is 1.22 bits per heavy atom. The van der Waals surface area contributed by atoms with Crippen LogP contribution in [0.15, 0.2) is 17.8 Å². The number of aromatic nitrogens is 2. The monoisotopic (exact) mass is 261 g/mol. The number of rotatable bonds is 1. The quantitative estimate of drug-likeness (QED) is 0.855. The van der Waals surface area contributed by atoms with Crippen molar-refractivity contribution in [1.82, 2.24) is 9.97 Å². The molecule has 0 aliphatic carbocycles. The largest absolute Gasteiger partial charge is 0.393 e. The van der Waals surface area contributed by atoms with Crippen LogP contribution < -0.4 is 4.90 Å². The van der Waals surface area contributed by atoms with Gasteiger partial charge in [-0.2, -0.15) is 0 Å². The minimum absolute atomic E-state index is 0.126. The van der Waals surface area contributed by atoms with Gasteiger partial charge in [0.25, 0.3) is 0 Å². The molecule has 2 aliphatic heterocycles. The zero-order chi connectivity index (χ0) is 12.1. The predicted molar refractivity (Wildman–Crippen MR) is 71.9 cm³/mol. The van der Waals surface area contributed by atoms with E-state index < -0.39 is 0 Å². The van der Waals surface area contributed by atoms with Gasteiger partial charge in [-0.1, -0.05) is 0 Å². The zero-order valence-corrected chi connectivity index (χ0v) is 10.8. The van der Waals surface area contributed by atoms with Crippen LogP contribution in [0.2, 0.25) is 0 Å². The molecule has 5 heteroatoms. The molecule has 0 aromatic carbocycles. The van der Waals surface area contributed by atoms with Crippen LogP contribution in [-0.4, -0.2) is 33.3 Å². The van der Waals surface area contributed by atoms with Crippen molar-refractivity contribution in [2.24, 2.45) is 0 Å². The van der Waals surface area contributed by atoms with Crippen LogP contribution in [0.1, 0.15) is 25.7 Å². The average Bonchev–Trinajstić information content (AvgIpc) is 2.92. The van der Waals surface area contributed by atoms with Gasteiger partial charge in [-0.25, -0.2) is 9.97 Å². The van der Waals surface area contributed by atoms with Gasteiger partial charge in [0.05, 0.1) is 11.5 Å². The molecule has 4 nitrogen and oxygen atoms in total. The van der Waals surface area contributed by atoms with Gasteiger partial charge in [0.2, 0.25) is 0 Å². The SMILES string of the molecule is OC1CC2CCC(C1)N2c1ncnc2sccc12. The van der Waals surface area contributed by atoms with Crippen LogP contribution in [-0.2, 0) is 0 Å². The molecule has 2 unspecified atom stereocenters. The molecule has 4 rings (SSSR count). The molecule has 1 N–H and O–H groups in total. The lowest BCUT2D eigenvalue weighted by atomic mass is 10.00. The van der Waals surface area contributed by atoms with Gasteiger partial charge in [0.15, 0.2) is 0 Å². The lowest BCUT2D eigenvalue weighted by Gasteiger charge is -2.38. The summed E-state index contributed by atoms with van der Waals surface area (Å²) in [6, 6.07) is 3.02. The number of aliphatic hydroxyl groups excluding tert-OH is 1. The smallest absolute Gasteiger partial charge is 0.141 e. The molecule has 0 spiro atoms. The summed E-state index contributed by atoms with van der Waals surface area (Å²) in [4.78, 5) is 12.3. The van der Waals surface area contributed by atoms with Crippen molar-refractivity contribution in [1.29, 1.82) is 0 Å². The molecule has 2 aliphatic rings. The molecule has 2 bridgehead atoms. The number of hydrogen-bond acceptors (Lipinski definition) is 5. The van der Waals surface area contributed by atoms with Crippen LogP contribution in [0.4, 0.5) is 5.82 Å². The third kappa shape index (κ3) is 1.47. The molecular formula is C13H15N3OS. The maximum Gasteiger partial charge on any atom is 0.141 e. The lowest BCUT2D eigenvalue weighted by molar-refractivity contribution is 0.126. The Morgan fingerprint density at radius 2 is 2.00 bits per heavy atom. The van der Waals surface area contributed by atoms with Crippen LogP contribution >= 0.6 is 11.3 Å². The molecule has 2 fully saturated rings. The van der Waals surface area contributed by atoms with E-state index in [2.05, 4.69) is 26.3 Å². The summed E-state index contributed by atoms with van der Waals surface area (Å²) >= 11 is 1.66. The van der Waals surface area contributed by atoms with Gasteiger partial charge in [-0.3, -0.25) is 0 Å². The Hall–Kier alpha value is -1.20. The number of thiophene rings is 1. The first kappa shape index (κ1) is 10.7. The summed E-state index contributed by atoms with van der Waals surface area (Å²) in [6.07, 6.45) is 5.66. The van der Waals surface area contributed by atoms with Gasteiger partial charge in [0.1, 0.15) is 17.0 Å². The number of nitrogens with zero attached hydrogens (tertiary/aromatic N) is 3. The normalized spacial score (nSPS) is 31.2. The van der Waals surface area contributed by atoms with Crippen molar-refractivity contribution < 1.29 is 5.11 Å². The van der Waals surface area contributed by atoms with Crippen LogP contribution in [0.5, 0.6) is 0 Å². The second kappa shape index (κ2) is 3.90. The minimum atomic E-state index is -0.126. The summed E-state index contributed by atoms with van der Waals surface area (Å²) in [6.45, 7) is 0. The van der Waals surface area contributed by atoms with E-state index >= 15 is 0 Å². The lowest BCUT2D eigenvalue weighted by Crippen LogP contribution is -2.45. The summed E-state index contributed by atoms with van der Waals surface area (Å²) < 4.78 is 0. The van der Waals surface area contributed by atoms with E-state index in [4.69, 9.17) is 0 Å². The Morgan fingerprint density at radius 3 is 2.78 bits per heavy atom. The summed E-state index contributed by atoms with van der Waals surface area (Å²) in [7, 11) is 0. The first-order valence-corrected chi connectivity index (χ1v) is 7.35. The standard InChI is InChI=1S/C13H15N3OS/c17-10-5-8-1-2-9(6-10)16(8)12-11-3-4-18-13(11)15-7-14-12/h3-4,7-10,17H,1-2,5-6H2. The van der Waals surface area contributed by atoms with Crippen molar-refractivity contribution in [2.45, 2.75) is 43.9 Å². The van der Waals surface area contributed by atoms with Crippen molar-refractivity contribution in [3.8, 4) is 0 Å². The van der Waals surface area contributed by atoms with Crippen molar-refractivity contribution >= 4 is 27.4 Å². The van der Waals surface area contributed by atoms with Crippen molar-refractivity contribution in [3.63, 3.8) is 0 Å². The highest BCUT2D eigenvalue weighted by Crippen LogP contribution is 2.41. The molecule has 0 radical (unpaired) electrons. The highest BCUT2D eigenvalue weighted by Gasteiger charge is 2.41. The Bertz CT molecular complexity index is 570. The van der Waals surface area contributed by atoms with Crippen LogP contribution in [0.25, 0.3) is 10.2 Å². The van der Waals surface area contributed by atoms with E-state index in [1.165, 1.54) is 12.8 Å². The molecule has 94 valence electrons. The molecule has 0 amide bonds. The maximum atomic E-state index is 9.87. The maximum absolute atomic E-state index is 9.87. The summed E-state index contributed by atoms with van der Waals surface area (Å²) in [5, 5.41) is 13.1. The molecule has 0 saturated carbocycles. The number of hydrogen-bond donors (Lipinski definition) is 1. The van der Waals surface area contributed by atoms with Crippen molar-refractivity contribution in [3.05, 3.63) is 17.8 Å². The van der Waals surface area contributed by atoms with E-state index in [0.29, 0.717) is 12.1 Å². The molecule has 18 heavy (non-hydrogen) atoms. The number of fused-ring (bicyclic) bond motifs is 3. The fourth-order valence-electron chi connectivity index (χ4n) is 3.48. The number of anilines is 1. The Kier molecular flexibility index (Phi) is 2.32. The van der Waals surface area contributed by atoms with E-state index in [1.807, 2.05) is 0 Å². The average molecular weight is 261 g/mol. The van der Waals surface area contributed by atoms with E-state index in [1.54, 1.807) is 17.7 Å². The summed E-state index contributed by atoms with van der Waals surface area (Å²) in [5.74, 6) is 1.07. The van der Waals surface area contributed by atoms with E-state index in [9.17, 15) is 5.11 Å². The van der Waals surface area contributed by atoms with Crippen LogP contribution in [0.3, 0.4) is 0 Å². The third-order valence-electron chi connectivity index (χ3n) is 4.19. The van der Waals surface area contributed by atoms with E-state index in [-0.39, 0.29) is 6.10 Å². The topological polar surface area (TPSA) is 49.2 Å².